The molecule has 0 amide bonds. The molecule has 3 aromatic carbocycles. The van der Waals surface area contributed by atoms with Crippen LogP contribution in [0, 0.1) is 6.92 Å². The van der Waals surface area contributed by atoms with Gasteiger partial charge < -0.3 is 16.0 Å². The molecule has 236 valence electrons. The van der Waals surface area contributed by atoms with Crippen molar-refractivity contribution in [2.24, 2.45) is 0 Å². The Kier molecular flexibility index (Phi) is 7.55. The monoisotopic (exact) mass is 623 g/mol. The van der Waals surface area contributed by atoms with Crippen molar-refractivity contribution < 1.29 is 13.2 Å². The maximum absolute atomic E-state index is 12.8. The molecule has 0 aliphatic heterocycles. The number of alkyl halides is 3. The summed E-state index contributed by atoms with van der Waals surface area (Å²) in [6.07, 6.45) is 1.95. The summed E-state index contributed by atoms with van der Waals surface area (Å²) in [5.74, 6) is 2.23. The second-order valence-corrected chi connectivity index (χ2v) is 12.5. The Balaban J connectivity index is 1.31. The van der Waals surface area contributed by atoms with Crippen molar-refractivity contribution in [1.82, 2.24) is 29.7 Å². The van der Waals surface area contributed by atoms with Crippen molar-refractivity contribution in [3.8, 4) is 11.3 Å². The number of hydrogen-bond donors (Lipinski definition) is 3. The van der Waals surface area contributed by atoms with E-state index in [-0.39, 0.29) is 12.0 Å². The van der Waals surface area contributed by atoms with Gasteiger partial charge in [-0.05, 0) is 59.7 Å². The molecule has 0 saturated heterocycles. The Morgan fingerprint density at radius 1 is 1.04 bits per heavy atom. The van der Waals surface area contributed by atoms with Crippen LogP contribution in [0.5, 0.6) is 0 Å². The fourth-order valence-electron chi connectivity index (χ4n) is 6.69. The molecule has 3 heterocycles. The van der Waals surface area contributed by atoms with Gasteiger partial charge in [-0.3, -0.25) is 4.40 Å². The van der Waals surface area contributed by atoms with Gasteiger partial charge in [0, 0.05) is 23.9 Å². The number of nitrogens with two attached hydrogens (primary N) is 1. The van der Waals surface area contributed by atoms with Crippen LogP contribution in [-0.4, -0.2) is 43.1 Å². The lowest BCUT2D eigenvalue weighted by Gasteiger charge is -2.24. The highest BCUT2D eigenvalue weighted by Gasteiger charge is 2.29. The van der Waals surface area contributed by atoms with E-state index in [1.54, 1.807) is 6.20 Å². The first-order valence-electron chi connectivity index (χ1n) is 15.7. The molecule has 1 atom stereocenters. The topological polar surface area (TPSA) is 96.9 Å². The van der Waals surface area contributed by atoms with Gasteiger partial charge in [0.05, 0.1) is 29.5 Å². The number of allylic oxidation sites excluding steroid dienone is 1. The molecule has 0 radical (unpaired) electrons. The molecule has 6 aromatic rings. The third-order valence-corrected chi connectivity index (χ3v) is 8.95. The number of aromatic amines is 1. The van der Waals surface area contributed by atoms with E-state index in [1.807, 2.05) is 24.3 Å². The van der Waals surface area contributed by atoms with Gasteiger partial charge in [0.1, 0.15) is 28.7 Å². The Morgan fingerprint density at radius 3 is 2.57 bits per heavy atom. The predicted octanol–water partition coefficient (Wildman–Crippen LogP) is 8.12. The van der Waals surface area contributed by atoms with Gasteiger partial charge in [0.15, 0.2) is 0 Å². The van der Waals surface area contributed by atoms with Crippen molar-refractivity contribution >= 4 is 38.7 Å². The molecule has 1 aliphatic carbocycles. The van der Waals surface area contributed by atoms with E-state index in [0.717, 1.165) is 72.6 Å². The maximum Gasteiger partial charge on any atom is 0.401 e. The van der Waals surface area contributed by atoms with Crippen LogP contribution in [0.1, 0.15) is 67.5 Å². The molecule has 3 aromatic heterocycles. The molecule has 0 saturated carbocycles. The van der Waals surface area contributed by atoms with Crippen molar-refractivity contribution in [2.75, 3.05) is 12.3 Å². The van der Waals surface area contributed by atoms with Crippen LogP contribution < -0.4 is 11.1 Å². The molecule has 10 heteroatoms. The summed E-state index contributed by atoms with van der Waals surface area (Å²) in [7, 11) is 0. The molecular weight excluding hydrogens is 587 g/mol. The van der Waals surface area contributed by atoms with E-state index >= 15 is 0 Å². The Morgan fingerprint density at radius 2 is 1.85 bits per heavy atom. The lowest BCUT2D eigenvalue weighted by atomic mass is 9.93. The van der Waals surface area contributed by atoms with E-state index in [9.17, 15) is 13.2 Å². The number of H-pyrrole nitrogens is 1. The number of anilines is 1. The number of rotatable bonds is 7. The summed E-state index contributed by atoms with van der Waals surface area (Å²) in [5.41, 5.74) is 15.3. The van der Waals surface area contributed by atoms with Gasteiger partial charge >= 0.3 is 6.18 Å². The second kappa shape index (κ2) is 11.6. The van der Waals surface area contributed by atoms with E-state index < -0.39 is 12.7 Å². The average molecular weight is 624 g/mol. The van der Waals surface area contributed by atoms with Crippen LogP contribution in [0.25, 0.3) is 44.2 Å². The molecular formula is C36H36F3N7. The summed E-state index contributed by atoms with van der Waals surface area (Å²) in [6.45, 7) is 5.28. The van der Waals surface area contributed by atoms with Crippen molar-refractivity contribution in [3.05, 3.63) is 95.3 Å². The quantitative estimate of drug-likeness (QED) is 0.167. The fourth-order valence-corrected chi connectivity index (χ4v) is 6.69. The first-order chi connectivity index (χ1) is 22.1. The van der Waals surface area contributed by atoms with Gasteiger partial charge in [0.25, 0.3) is 0 Å². The number of aromatic nitrogens is 5. The van der Waals surface area contributed by atoms with Gasteiger partial charge in [-0.25, -0.2) is 15.0 Å². The number of nitrogen functional groups attached to an aromatic ring is 1. The number of imidazole rings is 2. The molecule has 46 heavy (non-hydrogen) atoms. The first-order valence-corrected chi connectivity index (χ1v) is 15.7. The molecule has 0 spiro atoms. The molecule has 7 rings (SSSR count). The number of para-hydroxylation sites is 1. The highest BCUT2D eigenvalue weighted by molar-refractivity contribution is 6.02. The van der Waals surface area contributed by atoms with Crippen LogP contribution in [0.4, 0.5) is 19.0 Å². The molecule has 1 aliphatic rings. The second-order valence-electron chi connectivity index (χ2n) is 12.5. The minimum Gasteiger partial charge on any atom is -0.382 e. The van der Waals surface area contributed by atoms with Gasteiger partial charge in [-0.1, -0.05) is 68.5 Å². The zero-order chi connectivity index (χ0) is 32.2. The van der Waals surface area contributed by atoms with Gasteiger partial charge in [-0.15, -0.1) is 0 Å². The Hall–Kier alpha value is -4.70. The highest BCUT2D eigenvalue weighted by Crippen LogP contribution is 2.39. The lowest BCUT2D eigenvalue weighted by Crippen LogP contribution is -2.37. The number of nitrogens with zero attached hydrogens (tertiary/aromatic N) is 4. The minimum atomic E-state index is -4.23. The smallest absolute Gasteiger partial charge is 0.382 e. The van der Waals surface area contributed by atoms with Crippen LogP contribution >= 0.6 is 0 Å². The molecule has 1 unspecified atom stereocenters. The summed E-state index contributed by atoms with van der Waals surface area (Å²) in [5, 5.41) is 4.82. The normalized spacial score (nSPS) is 15.8. The van der Waals surface area contributed by atoms with Crippen molar-refractivity contribution in [2.45, 2.75) is 64.6 Å². The van der Waals surface area contributed by atoms with Gasteiger partial charge in [-0.2, -0.15) is 13.2 Å². The van der Waals surface area contributed by atoms with Crippen LogP contribution in [0.2, 0.25) is 0 Å². The lowest BCUT2D eigenvalue weighted by molar-refractivity contribution is -0.126. The number of fused-ring (bicyclic) bond motifs is 3. The minimum absolute atomic E-state index is 0.0780. The summed E-state index contributed by atoms with van der Waals surface area (Å²) in [4.78, 5) is 18.2. The van der Waals surface area contributed by atoms with Crippen LogP contribution in [0.3, 0.4) is 0 Å². The molecule has 0 bridgehead atoms. The first kappa shape index (κ1) is 30.0. The third-order valence-electron chi connectivity index (χ3n) is 8.95. The third kappa shape index (κ3) is 5.51. The number of benzene rings is 3. The highest BCUT2D eigenvalue weighted by atomic mass is 19.4. The zero-order valence-corrected chi connectivity index (χ0v) is 26.0. The fraction of sp³-hybridized carbons (Fsp3) is 0.306. The maximum atomic E-state index is 12.8. The molecule has 0 fully saturated rings. The average Bonchev–Trinajstić information content (AvgIpc) is 3.64. The summed E-state index contributed by atoms with van der Waals surface area (Å²) in [6, 6.07) is 18.5. The largest absolute Gasteiger partial charge is 0.401 e. The molecule has 4 N–H and O–H groups in total. The predicted molar refractivity (Wildman–Crippen MR) is 178 cm³/mol. The zero-order valence-electron chi connectivity index (χ0n) is 26.0. The SMILES string of the molecule is Cc1cccc2[nH]c(Cc3ccc(-c4nc(C(C)C)n5c(C6=CCC(NCC(F)(F)F)CC6)cnc(N)c45)c4ccccc34)nc12. The Bertz CT molecular complexity index is 2120. The summed E-state index contributed by atoms with van der Waals surface area (Å²) < 4.78 is 40.5. The van der Waals surface area contributed by atoms with E-state index in [0.29, 0.717) is 31.5 Å². The summed E-state index contributed by atoms with van der Waals surface area (Å²) >= 11 is 0. The van der Waals surface area contributed by atoms with E-state index in [1.165, 1.54) is 0 Å². The van der Waals surface area contributed by atoms with Crippen LogP contribution in [-0.2, 0) is 6.42 Å². The van der Waals surface area contributed by atoms with E-state index in [4.69, 9.17) is 15.7 Å². The van der Waals surface area contributed by atoms with E-state index in [2.05, 4.69) is 76.9 Å². The number of halogens is 3. The number of hydrogen-bond acceptors (Lipinski definition) is 5. The Labute approximate surface area is 264 Å². The van der Waals surface area contributed by atoms with Crippen LogP contribution in [0.15, 0.2) is 66.9 Å². The number of nitrogens with one attached hydrogen (secondary N) is 2. The van der Waals surface area contributed by atoms with Gasteiger partial charge in [0.2, 0.25) is 0 Å². The van der Waals surface area contributed by atoms with Crippen molar-refractivity contribution in [1.29, 1.82) is 0 Å². The standard InChI is InChI=1S/C36H36F3N7/c1-20(2)35-45-32(33-34(40)41-18-29(46(33)35)22-11-14-24(15-12-22)42-19-36(37,38)39)27-16-13-23(25-8-4-5-9-26(25)27)17-30-43-28-10-6-7-21(3)31(28)44-30/h4-11,13,16,18,20,24,42H,12,14-15,17,19H2,1-3H3,(H2,40,41)(H,43,44). The molecule has 7 nitrogen and oxygen atoms in total. The van der Waals surface area contributed by atoms with Crippen molar-refractivity contribution in [3.63, 3.8) is 0 Å². The number of aryl methyl sites for hydroxylation is 1.